The number of benzene rings is 1. The van der Waals surface area contributed by atoms with Crippen molar-refractivity contribution in [2.75, 3.05) is 40.3 Å². The second kappa shape index (κ2) is 5.77. The van der Waals surface area contributed by atoms with E-state index in [4.69, 9.17) is 11.2 Å². The van der Waals surface area contributed by atoms with E-state index in [0.29, 0.717) is 16.9 Å². The fourth-order valence-corrected chi connectivity index (χ4v) is 2.14. The number of methoxy groups -OCH3 is 1. The van der Waals surface area contributed by atoms with Gasteiger partial charge in [-0.1, -0.05) is 5.92 Å². The van der Waals surface area contributed by atoms with Crippen LogP contribution in [0.3, 0.4) is 0 Å². The first-order valence-corrected chi connectivity index (χ1v) is 6.28. The van der Waals surface area contributed by atoms with Crippen molar-refractivity contribution in [3.05, 3.63) is 29.3 Å². The number of ether oxygens (including phenoxy) is 1. The minimum absolute atomic E-state index is 0.0370. The fourth-order valence-electron chi connectivity index (χ4n) is 2.14. The van der Waals surface area contributed by atoms with Gasteiger partial charge in [0.05, 0.1) is 12.7 Å². The minimum atomic E-state index is 0.0370. The highest BCUT2D eigenvalue weighted by Crippen LogP contribution is 2.20. The van der Waals surface area contributed by atoms with Gasteiger partial charge in [-0.2, -0.15) is 0 Å². The molecule has 0 spiro atoms. The fraction of sp³-hybridized carbons (Fsp3) is 0.400. The van der Waals surface area contributed by atoms with Gasteiger partial charge in [-0.3, -0.25) is 4.79 Å². The van der Waals surface area contributed by atoms with Gasteiger partial charge in [-0.25, -0.2) is 0 Å². The summed E-state index contributed by atoms with van der Waals surface area (Å²) in [6, 6.07) is 5.23. The number of hydrogen-bond donors (Lipinski definition) is 0. The Labute approximate surface area is 114 Å². The van der Waals surface area contributed by atoms with E-state index in [1.54, 1.807) is 25.3 Å². The number of amides is 1. The van der Waals surface area contributed by atoms with Crippen LogP contribution in [0.1, 0.15) is 15.9 Å². The minimum Gasteiger partial charge on any atom is -0.495 e. The molecule has 1 aliphatic rings. The van der Waals surface area contributed by atoms with Crippen LogP contribution in [-0.4, -0.2) is 56.0 Å². The Morgan fingerprint density at radius 2 is 2.00 bits per heavy atom. The smallest absolute Gasteiger partial charge is 0.254 e. The molecule has 0 bridgehead atoms. The Morgan fingerprint density at radius 3 is 2.58 bits per heavy atom. The molecule has 0 aromatic heterocycles. The quantitative estimate of drug-likeness (QED) is 0.744. The van der Waals surface area contributed by atoms with Gasteiger partial charge in [0.2, 0.25) is 0 Å². The molecule has 0 aliphatic carbocycles. The second-order valence-corrected chi connectivity index (χ2v) is 4.65. The van der Waals surface area contributed by atoms with Crippen molar-refractivity contribution >= 4 is 5.91 Å². The SMILES string of the molecule is C#Cc1ccc(C(=O)N2CCN(C)CC2)cc1OC. The van der Waals surface area contributed by atoms with Crippen LogP contribution in [0.15, 0.2) is 18.2 Å². The molecule has 1 aliphatic heterocycles. The van der Waals surface area contributed by atoms with Crippen molar-refractivity contribution in [2.24, 2.45) is 0 Å². The summed E-state index contributed by atoms with van der Waals surface area (Å²) in [6.07, 6.45) is 5.38. The second-order valence-electron chi connectivity index (χ2n) is 4.65. The van der Waals surface area contributed by atoms with Crippen LogP contribution in [-0.2, 0) is 0 Å². The highest BCUT2D eigenvalue weighted by Gasteiger charge is 2.21. The number of nitrogens with zero attached hydrogens (tertiary/aromatic N) is 2. The molecule has 1 saturated heterocycles. The zero-order valence-corrected chi connectivity index (χ0v) is 11.3. The Balaban J connectivity index is 2.18. The van der Waals surface area contributed by atoms with Gasteiger partial charge in [0.15, 0.2) is 0 Å². The van der Waals surface area contributed by atoms with Gasteiger partial charge in [0.1, 0.15) is 5.75 Å². The van der Waals surface area contributed by atoms with E-state index in [1.165, 1.54) is 0 Å². The molecule has 1 fully saturated rings. The average Bonchev–Trinajstić information content (AvgIpc) is 2.46. The van der Waals surface area contributed by atoms with E-state index in [1.807, 2.05) is 4.90 Å². The number of rotatable bonds is 2. The molecule has 0 N–H and O–H groups in total. The molecular weight excluding hydrogens is 240 g/mol. The molecular formula is C15H18N2O2. The van der Waals surface area contributed by atoms with E-state index in [2.05, 4.69) is 17.9 Å². The number of carbonyl (C=O) groups is 1. The van der Waals surface area contributed by atoms with Crippen molar-refractivity contribution in [1.82, 2.24) is 9.80 Å². The normalized spacial score (nSPS) is 15.9. The summed E-state index contributed by atoms with van der Waals surface area (Å²) < 4.78 is 5.21. The number of piperazine rings is 1. The molecule has 1 aromatic carbocycles. The predicted octanol–water partition coefficient (Wildman–Crippen LogP) is 1.06. The van der Waals surface area contributed by atoms with Gasteiger partial charge < -0.3 is 14.5 Å². The highest BCUT2D eigenvalue weighted by molar-refractivity contribution is 5.95. The highest BCUT2D eigenvalue weighted by atomic mass is 16.5. The van der Waals surface area contributed by atoms with E-state index < -0.39 is 0 Å². The molecule has 4 nitrogen and oxygen atoms in total. The number of likely N-dealkylation sites (N-methyl/N-ethyl adjacent to an activating group) is 1. The van der Waals surface area contributed by atoms with Crippen LogP contribution in [0.2, 0.25) is 0 Å². The molecule has 0 saturated carbocycles. The maximum Gasteiger partial charge on any atom is 0.254 e. The molecule has 0 radical (unpaired) electrons. The summed E-state index contributed by atoms with van der Waals surface area (Å²) in [7, 11) is 3.62. The molecule has 1 heterocycles. The molecule has 0 unspecified atom stereocenters. The average molecular weight is 258 g/mol. The molecule has 1 aromatic rings. The van der Waals surface area contributed by atoms with Crippen molar-refractivity contribution in [3.63, 3.8) is 0 Å². The summed E-state index contributed by atoms with van der Waals surface area (Å²) in [5.41, 5.74) is 1.29. The monoisotopic (exact) mass is 258 g/mol. The van der Waals surface area contributed by atoms with Crippen LogP contribution in [0, 0.1) is 12.3 Å². The molecule has 2 rings (SSSR count). The Hall–Kier alpha value is -1.99. The summed E-state index contributed by atoms with van der Waals surface area (Å²) in [5, 5.41) is 0. The number of terminal acetylenes is 1. The first-order chi connectivity index (χ1) is 9.15. The van der Waals surface area contributed by atoms with E-state index >= 15 is 0 Å². The predicted molar refractivity (Wildman–Crippen MR) is 74.3 cm³/mol. The van der Waals surface area contributed by atoms with Crippen molar-refractivity contribution < 1.29 is 9.53 Å². The van der Waals surface area contributed by atoms with Crippen LogP contribution in [0.25, 0.3) is 0 Å². The summed E-state index contributed by atoms with van der Waals surface area (Å²) in [6.45, 7) is 3.33. The summed E-state index contributed by atoms with van der Waals surface area (Å²) in [5.74, 6) is 3.15. The molecule has 19 heavy (non-hydrogen) atoms. The third-order valence-corrected chi connectivity index (χ3v) is 3.39. The standard InChI is InChI=1S/C15H18N2O2/c1-4-12-5-6-13(11-14(12)19-3)15(18)17-9-7-16(2)8-10-17/h1,5-6,11H,7-10H2,2-3H3. The lowest BCUT2D eigenvalue weighted by atomic mass is 10.1. The van der Waals surface area contributed by atoms with Gasteiger partial charge in [0, 0.05) is 31.7 Å². The van der Waals surface area contributed by atoms with E-state index in [9.17, 15) is 4.79 Å². The van der Waals surface area contributed by atoms with Crippen LogP contribution < -0.4 is 4.74 Å². The van der Waals surface area contributed by atoms with Crippen LogP contribution >= 0.6 is 0 Å². The molecule has 4 heteroatoms. The largest absolute Gasteiger partial charge is 0.495 e. The van der Waals surface area contributed by atoms with Crippen molar-refractivity contribution in [2.45, 2.75) is 0 Å². The summed E-state index contributed by atoms with van der Waals surface area (Å²) >= 11 is 0. The first kappa shape index (κ1) is 13.4. The Kier molecular flexibility index (Phi) is 4.08. The summed E-state index contributed by atoms with van der Waals surface area (Å²) in [4.78, 5) is 16.5. The zero-order valence-electron chi connectivity index (χ0n) is 11.3. The topological polar surface area (TPSA) is 32.8 Å². The van der Waals surface area contributed by atoms with Gasteiger partial charge >= 0.3 is 0 Å². The Bertz CT molecular complexity index is 511. The lowest BCUT2D eigenvalue weighted by Crippen LogP contribution is -2.47. The molecule has 100 valence electrons. The number of hydrogen-bond acceptors (Lipinski definition) is 3. The lowest BCUT2D eigenvalue weighted by molar-refractivity contribution is 0.0664. The molecule has 0 atom stereocenters. The number of carbonyl (C=O) groups excluding carboxylic acids is 1. The van der Waals surface area contributed by atoms with Crippen LogP contribution in [0.5, 0.6) is 5.75 Å². The van der Waals surface area contributed by atoms with Gasteiger partial charge in [-0.15, -0.1) is 6.42 Å². The molecule has 1 amide bonds. The zero-order chi connectivity index (χ0) is 13.8. The maximum absolute atomic E-state index is 12.4. The lowest BCUT2D eigenvalue weighted by Gasteiger charge is -2.32. The van der Waals surface area contributed by atoms with Crippen LogP contribution in [0.4, 0.5) is 0 Å². The van der Waals surface area contributed by atoms with Gasteiger partial charge in [-0.05, 0) is 25.2 Å². The third kappa shape index (κ3) is 2.88. The third-order valence-electron chi connectivity index (χ3n) is 3.39. The van der Waals surface area contributed by atoms with E-state index in [-0.39, 0.29) is 5.91 Å². The first-order valence-electron chi connectivity index (χ1n) is 6.28. The Morgan fingerprint density at radius 1 is 1.32 bits per heavy atom. The van der Waals surface area contributed by atoms with Gasteiger partial charge in [0.25, 0.3) is 5.91 Å². The van der Waals surface area contributed by atoms with Crippen molar-refractivity contribution in [1.29, 1.82) is 0 Å². The maximum atomic E-state index is 12.4. The van der Waals surface area contributed by atoms with Crippen molar-refractivity contribution in [3.8, 4) is 18.1 Å². The van der Waals surface area contributed by atoms with E-state index in [0.717, 1.165) is 26.2 Å².